The number of rotatable bonds is 1. The van der Waals surface area contributed by atoms with Gasteiger partial charge in [0.15, 0.2) is 4.67 Å². The van der Waals surface area contributed by atoms with Crippen LogP contribution in [0.2, 0.25) is 0 Å². The number of nitrogens with zero attached hydrogens (tertiary/aromatic N) is 1. The van der Waals surface area contributed by atoms with E-state index in [0.29, 0.717) is 16.0 Å². The number of hydrogen-bond donors (Lipinski definition) is 0. The van der Waals surface area contributed by atoms with Crippen molar-refractivity contribution in [2.24, 2.45) is 0 Å². The van der Waals surface area contributed by atoms with Gasteiger partial charge >= 0.3 is 6.18 Å². The summed E-state index contributed by atoms with van der Waals surface area (Å²) < 4.78 is 42.8. The second-order valence-electron chi connectivity index (χ2n) is 3.03. The minimum Gasteiger partial charge on any atom is -0.449 e. The van der Waals surface area contributed by atoms with E-state index in [0.717, 1.165) is 12.3 Å². The van der Waals surface area contributed by atoms with Crippen LogP contribution in [0.4, 0.5) is 13.2 Å². The summed E-state index contributed by atoms with van der Waals surface area (Å²) in [6, 6.07) is 5.61. The first kappa shape index (κ1) is 11.2. The van der Waals surface area contributed by atoms with Crippen LogP contribution in [-0.4, -0.2) is 4.98 Å². The van der Waals surface area contributed by atoms with Crippen LogP contribution < -0.4 is 0 Å². The zero-order valence-corrected chi connectivity index (χ0v) is 9.34. The SMILES string of the molecule is FC(F)(F)c1cc(-c2ccc(Br)o2)ccn1. The van der Waals surface area contributed by atoms with Gasteiger partial charge in [-0.05, 0) is 40.2 Å². The third kappa shape index (κ3) is 2.27. The molecule has 84 valence electrons. The Balaban J connectivity index is 2.44. The Bertz CT molecular complexity index is 507. The van der Waals surface area contributed by atoms with E-state index in [1.165, 1.54) is 6.07 Å². The number of hydrogen-bond acceptors (Lipinski definition) is 2. The van der Waals surface area contributed by atoms with E-state index in [-0.39, 0.29) is 0 Å². The Hall–Kier alpha value is -1.30. The summed E-state index contributed by atoms with van der Waals surface area (Å²) in [5, 5.41) is 0. The van der Waals surface area contributed by atoms with Crippen LogP contribution in [0.1, 0.15) is 5.69 Å². The molecule has 0 aliphatic rings. The van der Waals surface area contributed by atoms with Crippen LogP contribution in [0.3, 0.4) is 0 Å². The van der Waals surface area contributed by atoms with Crippen LogP contribution in [0.25, 0.3) is 11.3 Å². The molecule has 0 saturated carbocycles. The number of halogens is 4. The van der Waals surface area contributed by atoms with Crippen molar-refractivity contribution in [3.8, 4) is 11.3 Å². The predicted molar refractivity (Wildman–Crippen MR) is 54.6 cm³/mol. The third-order valence-electron chi connectivity index (χ3n) is 1.91. The minimum atomic E-state index is -4.44. The van der Waals surface area contributed by atoms with E-state index < -0.39 is 11.9 Å². The molecule has 2 aromatic heterocycles. The first-order valence-electron chi connectivity index (χ1n) is 4.26. The van der Waals surface area contributed by atoms with Crippen molar-refractivity contribution in [2.45, 2.75) is 6.18 Å². The highest BCUT2D eigenvalue weighted by atomic mass is 79.9. The average molecular weight is 292 g/mol. The van der Waals surface area contributed by atoms with Crippen molar-refractivity contribution in [2.75, 3.05) is 0 Å². The number of alkyl halides is 3. The van der Waals surface area contributed by atoms with E-state index >= 15 is 0 Å². The lowest BCUT2D eigenvalue weighted by atomic mass is 10.2. The first-order valence-corrected chi connectivity index (χ1v) is 5.05. The molecule has 0 aromatic carbocycles. The molecule has 0 aliphatic carbocycles. The second kappa shape index (κ2) is 3.93. The number of furan rings is 1. The fraction of sp³-hybridized carbons (Fsp3) is 0.100. The molecule has 0 N–H and O–H groups in total. The molecular formula is C10H5BrF3NO. The standard InChI is InChI=1S/C10H5BrF3NO/c11-9-2-1-7(16-9)6-3-4-15-8(5-6)10(12,13)14/h1-5H. The molecule has 2 nitrogen and oxygen atoms in total. The molecule has 2 rings (SSSR count). The Kier molecular flexibility index (Phi) is 2.75. The van der Waals surface area contributed by atoms with Crippen LogP contribution in [0.5, 0.6) is 0 Å². The topological polar surface area (TPSA) is 26.0 Å². The molecule has 16 heavy (non-hydrogen) atoms. The van der Waals surface area contributed by atoms with Gasteiger partial charge in [0.2, 0.25) is 0 Å². The van der Waals surface area contributed by atoms with Crippen LogP contribution in [0.15, 0.2) is 39.5 Å². The fourth-order valence-corrected chi connectivity index (χ4v) is 1.51. The maximum Gasteiger partial charge on any atom is 0.433 e. The van der Waals surface area contributed by atoms with Crippen LogP contribution >= 0.6 is 15.9 Å². The molecule has 0 saturated heterocycles. The molecule has 0 spiro atoms. The summed E-state index contributed by atoms with van der Waals surface area (Å²) in [5.41, 5.74) is -0.592. The molecule has 6 heteroatoms. The summed E-state index contributed by atoms with van der Waals surface area (Å²) in [4.78, 5) is 3.26. The minimum absolute atomic E-state index is 0.341. The van der Waals surface area contributed by atoms with Crippen LogP contribution in [-0.2, 0) is 6.18 Å². The van der Waals surface area contributed by atoms with Crippen molar-refractivity contribution in [3.63, 3.8) is 0 Å². The molecular weight excluding hydrogens is 287 g/mol. The maximum atomic E-state index is 12.4. The van der Waals surface area contributed by atoms with Gasteiger partial charge in [-0.2, -0.15) is 13.2 Å². The Labute approximate surface area is 97.2 Å². The number of aromatic nitrogens is 1. The number of pyridine rings is 1. The maximum absolute atomic E-state index is 12.4. The van der Waals surface area contributed by atoms with E-state index in [4.69, 9.17) is 4.42 Å². The molecule has 0 amide bonds. The van der Waals surface area contributed by atoms with Gasteiger partial charge in [-0.25, -0.2) is 0 Å². The van der Waals surface area contributed by atoms with E-state index in [2.05, 4.69) is 20.9 Å². The van der Waals surface area contributed by atoms with E-state index in [1.807, 2.05) is 0 Å². The van der Waals surface area contributed by atoms with Crippen molar-refractivity contribution in [3.05, 3.63) is 40.8 Å². The molecule has 2 heterocycles. The Morgan fingerprint density at radius 2 is 1.94 bits per heavy atom. The Morgan fingerprint density at radius 1 is 1.19 bits per heavy atom. The van der Waals surface area contributed by atoms with E-state index in [1.54, 1.807) is 12.1 Å². The smallest absolute Gasteiger partial charge is 0.433 e. The zero-order chi connectivity index (χ0) is 11.8. The third-order valence-corrected chi connectivity index (χ3v) is 2.33. The predicted octanol–water partition coefficient (Wildman–Crippen LogP) is 4.12. The monoisotopic (exact) mass is 291 g/mol. The largest absolute Gasteiger partial charge is 0.449 e. The van der Waals surface area contributed by atoms with Crippen molar-refractivity contribution in [1.29, 1.82) is 0 Å². The van der Waals surface area contributed by atoms with Gasteiger partial charge in [0.25, 0.3) is 0 Å². The van der Waals surface area contributed by atoms with Gasteiger partial charge in [-0.1, -0.05) is 0 Å². The van der Waals surface area contributed by atoms with Gasteiger partial charge in [-0.3, -0.25) is 4.98 Å². The first-order chi connectivity index (χ1) is 7.47. The summed E-state index contributed by atoms with van der Waals surface area (Å²) in [5.74, 6) is 0.361. The highest BCUT2D eigenvalue weighted by Gasteiger charge is 2.32. The zero-order valence-electron chi connectivity index (χ0n) is 7.75. The lowest BCUT2D eigenvalue weighted by molar-refractivity contribution is -0.141. The second-order valence-corrected chi connectivity index (χ2v) is 3.81. The summed E-state index contributed by atoms with van der Waals surface area (Å²) in [7, 11) is 0. The summed E-state index contributed by atoms with van der Waals surface area (Å²) >= 11 is 3.08. The van der Waals surface area contributed by atoms with Crippen molar-refractivity contribution in [1.82, 2.24) is 4.98 Å². The quantitative estimate of drug-likeness (QED) is 0.790. The van der Waals surface area contributed by atoms with Crippen LogP contribution in [0, 0.1) is 0 Å². The lowest BCUT2D eigenvalue weighted by Gasteiger charge is -2.05. The highest BCUT2D eigenvalue weighted by Crippen LogP contribution is 2.31. The molecule has 0 bridgehead atoms. The molecule has 0 radical (unpaired) electrons. The average Bonchev–Trinajstić information content (AvgIpc) is 2.64. The van der Waals surface area contributed by atoms with Gasteiger partial charge in [0, 0.05) is 11.8 Å². The molecule has 0 aliphatic heterocycles. The molecule has 2 aromatic rings. The van der Waals surface area contributed by atoms with Gasteiger partial charge < -0.3 is 4.42 Å². The normalized spacial score (nSPS) is 11.8. The molecule has 0 fully saturated rings. The van der Waals surface area contributed by atoms with Gasteiger partial charge in [0.1, 0.15) is 11.5 Å². The van der Waals surface area contributed by atoms with Crippen molar-refractivity contribution >= 4 is 15.9 Å². The van der Waals surface area contributed by atoms with Gasteiger partial charge in [-0.15, -0.1) is 0 Å². The summed E-state index contributed by atoms with van der Waals surface area (Å²) in [6.07, 6.45) is -3.34. The summed E-state index contributed by atoms with van der Waals surface area (Å²) in [6.45, 7) is 0. The lowest BCUT2D eigenvalue weighted by Crippen LogP contribution is -2.07. The van der Waals surface area contributed by atoms with E-state index in [9.17, 15) is 13.2 Å². The molecule has 0 atom stereocenters. The fourth-order valence-electron chi connectivity index (χ4n) is 1.21. The van der Waals surface area contributed by atoms with Crippen molar-refractivity contribution < 1.29 is 17.6 Å². The Morgan fingerprint density at radius 3 is 2.50 bits per heavy atom. The highest BCUT2D eigenvalue weighted by molar-refractivity contribution is 9.10. The molecule has 0 unspecified atom stereocenters. The van der Waals surface area contributed by atoms with Gasteiger partial charge in [0.05, 0.1) is 0 Å².